The van der Waals surface area contributed by atoms with Crippen molar-refractivity contribution < 1.29 is 4.79 Å². The summed E-state index contributed by atoms with van der Waals surface area (Å²) in [5, 5.41) is 7.36. The van der Waals surface area contributed by atoms with Crippen LogP contribution in [0.25, 0.3) is 0 Å². The summed E-state index contributed by atoms with van der Waals surface area (Å²) >= 11 is 0. The van der Waals surface area contributed by atoms with Crippen LogP contribution in [0.4, 0.5) is 0 Å². The van der Waals surface area contributed by atoms with Crippen molar-refractivity contribution in [2.75, 3.05) is 6.54 Å². The van der Waals surface area contributed by atoms with Crippen molar-refractivity contribution in [3.8, 4) is 0 Å². The van der Waals surface area contributed by atoms with E-state index in [9.17, 15) is 4.79 Å². The first-order valence-electron chi connectivity index (χ1n) is 6.07. The highest BCUT2D eigenvalue weighted by Gasteiger charge is 2.27. The highest BCUT2D eigenvalue weighted by molar-refractivity contribution is 6.01. The zero-order valence-electron chi connectivity index (χ0n) is 10.3. The lowest BCUT2D eigenvalue weighted by Crippen LogP contribution is -2.32. The molecule has 1 aliphatic rings. The minimum absolute atomic E-state index is 0.0980. The maximum atomic E-state index is 12.5. The lowest BCUT2D eigenvalue weighted by atomic mass is 9.86. The number of nitrogens with zero attached hydrogens (tertiary/aromatic N) is 2. The normalized spacial score (nSPS) is 18.4. The lowest BCUT2D eigenvalue weighted by molar-refractivity contribution is 0.0955. The van der Waals surface area contributed by atoms with Crippen molar-refractivity contribution in [3.63, 3.8) is 0 Å². The summed E-state index contributed by atoms with van der Waals surface area (Å²) in [5.41, 5.74) is 3.04. The lowest BCUT2D eigenvalue weighted by Gasteiger charge is -2.24. The van der Waals surface area contributed by atoms with E-state index in [4.69, 9.17) is 0 Å². The van der Waals surface area contributed by atoms with Crippen LogP contribution < -0.4 is 5.32 Å². The van der Waals surface area contributed by atoms with Gasteiger partial charge in [0.2, 0.25) is 0 Å². The molecule has 1 atom stereocenters. The number of fused-ring (bicyclic) bond motifs is 1. The quantitative estimate of drug-likeness (QED) is 0.810. The van der Waals surface area contributed by atoms with Crippen molar-refractivity contribution in [2.45, 2.75) is 12.5 Å². The summed E-state index contributed by atoms with van der Waals surface area (Å²) in [5.74, 6) is 0.0434. The molecule has 0 saturated carbocycles. The number of benzene rings is 1. The smallest absolute Gasteiger partial charge is 0.174 e. The van der Waals surface area contributed by atoms with Gasteiger partial charge in [0.05, 0.1) is 17.7 Å². The minimum atomic E-state index is -0.0980. The highest BCUT2D eigenvalue weighted by atomic mass is 16.1. The molecule has 1 unspecified atom stereocenters. The molecular formula is C14H15N3O. The first-order valence-corrected chi connectivity index (χ1v) is 6.07. The van der Waals surface area contributed by atoms with Crippen molar-refractivity contribution in [2.24, 2.45) is 7.05 Å². The number of hydrogen-bond acceptors (Lipinski definition) is 3. The van der Waals surface area contributed by atoms with Gasteiger partial charge in [-0.1, -0.05) is 24.3 Å². The van der Waals surface area contributed by atoms with Crippen molar-refractivity contribution in [3.05, 3.63) is 53.3 Å². The number of aryl methyl sites for hydroxylation is 1. The zero-order chi connectivity index (χ0) is 12.5. The predicted octanol–water partition coefficient (Wildman–Crippen LogP) is 1.49. The zero-order valence-corrected chi connectivity index (χ0v) is 10.3. The van der Waals surface area contributed by atoms with Crippen LogP contribution in [0.3, 0.4) is 0 Å². The molecule has 0 amide bonds. The fourth-order valence-electron chi connectivity index (χ4n) is 2.48. The van der Waals surface area contributed by atoms with Gasteiger partial charge >= 0.3 is 0 Å². The molecule has 3 rings (SSSR count). The molecule has 0 spiro atoms. The third kappa shape index (κ3) is 1.84. The maximum Gasteiger partial charge on any atom is 0.174 e. The number of Topliss-reactive ketones (excluding diaryl/α,β-unsaturated/α-hetero) is 1. The van der Waals surface area contributed by atoms with Crippen molar-refractivity contribution in [1.82, 2.24) is 15.1 Å². The largest absolute Gasteiger partial charge is 0.312 e. The Morgan fingerprint density at radius 1 is 1.44 bits per heavy atom. The number of ketones is 1. The average Bonchev–Trinajstić information content (AvgIpc) is 2.84. The van der Waals surface area contributed by atoms with Crippen LogP contribution in [0.2, 0.25) is 0 Å². The van der Waals surface area contributed by atoms with Gasteiger partial charge in [0.15, 0.2) is 5.78 Å². The van der Waals surface area contributed by atoms with Crippen LogP contribution >= 0.6 is 0 Å². The van der Waals surface area contributed by atoms with E-state index in [1.807, 2.05) is 19.2 Å². The second-order valence-corrected chi connectivity index (χ2v) is 4.65. The number of carbonyl (C=O) groups is 1. The fourth-order valence-corrected chi connectivity index (χ4v) is 2.48. The van der Waals surface area contributed by atoms with E-state index >= 15 is 0 Å². The van der Waals surface area contributed by atoms with Crippen molar-refractivity contribution >= 4 is 5.78 Å². The van der Waals surface area contributed by atoms with Gasteiger partial charge in [0.1, 0.15) is 0 Å². The highest BCUT2D eigenvalue weighted by Crippen LogP contribution is 2.26. The van der Waals surface area contributed by atoms with E-state index in [0.717, 1.165) is 12.1 Å². The summed E-state index contributed by atoms with van der Waals surface area (Å²) < 4.78 is 1.66. The van der Waals surface area contributed by atoms with Crippen LogP contribution in [0.15, 0.2) is 36.7 Å². The van der Waals surface area contributed by atoms with Crippen LogP contribution in [-0.4, -0.2) is 22.1 Å². The minimum Gasteiger partial charge on any atom is -0.312 e. The standard InChI is InChI=1S/C14H15N3O/c1-17-9-11(7-16-17)14(18)13-8-15-6-10-4-2-3-5-12(10)13/h2-5,7,9,13,15H,6,8H2,1H3. The van der Waals surface area contributed by atoms with E-state index in [1.54, 1.807) is 17.1 Å². The Morgan fingerprint density at radius 3 is 3.06 bits per heavy atom. The fraction of sp³-hybridized carbons (Fsp3) is 0.286. The Bertz CT molecular complexity index is 588. The molecule has 0 aliphatic carbocycles. The van der Waals surface area contributed by atoms with Gasteiger partial charge in [-0.3, -0.25) is 9.48 Å². The van der Waals surface area contributed by atoms with E-state index in [0.29, 0.717) is 12.1 Å². The first kappa shape index (κ1) is 11.2. The van der Waals surface area contributed by atoms with Gasteiger partial charge in [0.25, 0.3) is 0 Å². The van der Waals surface area contributed by atoms with Crippen LogP contribution in [0, 0.1) is 0 Å². The summed E-state index contributed by atoms with van der Waals surface area (Å²) in [6.07, 6.45) is 3.42. The summed E-state index contributed by atoms with van der Waals surface area (Å²) in [6.45, 7) is 1.54. The Labute approximate surface area is 106 Å². The third-order valence-electron chi connectivity index (χ3n) is 3.40. The number of carbonyl (C=O) groups excluding carboxylic acids is 1. The van der Waals surface area contributed by atoms with E-state index < -0.39 is 0 Å². The van der Waals surface area contributed by atoms with Gasteiger partial charge in [-0.05, 0) is 11.1 Å². The Balaban J connectivity index is 1.96. The molecule has 18 heavy (non-hydrogen) atoms. The molecule has 2 heterocycles. The molecule has 1 N–H and O–H groups in total. The molecule has 0 bridgehead atoms. The molecule has 1 aromatic heterocycles. The molecule has 0 fully saturated rings. The third-order valence-corrected chi connectivity index (χ3v) is 3.40. The number of aromatic nitrogens is 2. The van der Waals surface area contributed by atoms with E-state index in [1.165, 1.54) is 5.56 Å². The topological polar surface area (TPSA) is 46.9 Å². The number of rotatable bonds is 2. The molecule has 4 heteroatoms. The van der Waals surface area contributed by atoms with E-state index in [-0.39, 0.29) is 11.7 Å². The van der Waals surface area contributed by atoms with Crippen LogP contribution in [0.1, 0.15) is 27.4 Å². The second kappa shape index (κ2) is 4.38. The summed E-state index contributed by atoms with van der Waals surface area (Å²) in [7, 11) is 1.82. The van der Waals surface area contributed by atoms with Gasteiger partial charge in [-0.2, -0.15) is 5.10 Å². The van der Waals surface area contributed by atoms with Crippen molar-refractivity contribution in [1.29, 1.82) is 0 Å². The van der Waals surface area contributed by atoms with Crippen LogP contribution in [0.5, 0.6) is 0 Å². The monoisotopic (exact) mass is 241 g/mol. The molecule has 1 aliphatic heterocycles. The summed E-state index contributed by atoms with van der Waals surface area (Å²) in [4.78, 5) is 12.5. The SMILES string of the molecule is Cn1cc(C(=O)C2CNCc3ccccc32)cn1. The van der Waals surface area contributed by atoms with Gasteiger partial charge in [0, 0.05) is 26.3 Å². The van der Waals surface area contributed by atoms with E-state index in [2.05, 4.69) is 22.5 Å². The Kier molecular flexibility index (Phi) is 2.72. The molecular weight excluding hydrogens is 226 g/mol. The number of hydrogen-bond donors (Lipinski definition) is 1. The maximum absolute atomic E-state index is 12.5. The molecule has 4 nitrogen and oxygen atoms in total. The number of nitrogens with one attached hydrogen (secondary N) is 1. The van der Waals surface area contributed by atoms with Crippen LogP contribution in [-0.2, 0) is 13.6 Å². The summed E-state index contributed by atoms with van der Waals surface area (Å²) in [6, 6.07) is 8.13. The molecule has 0 radical (unpaired) electrons. The molecule has 0 saturated heterocycles. The molecule has 1 aromatic carbocycles. The predicted molar refractivity (Wildman–Crippen MR) is 68.4 cm³/mol. The molecule has 2 aromatic rings. The first-order chi connectivity index (χ1) is 8.75. The molecule has 92 valence electrons. The Morgan fingerprint density at radius 2 is 2.28 bits per heavy atom. The second-order valence-electron chi connectivity index (χ2n) is 4.65. The average molecular weight is 241 g/mol. The van der Waals surface area contributed by atoms with Gasteiger partial charge in [-0.15, -0.1) is 0 Å². The Hall–Kier alpha value is -1.94. The van der Waals surface area contributed by atoms with Gasteiger partial charge < -0.3 is 5.32 Å². The van der Waals surface area contributed by atoms with Gasteiger partial charge in [-0.25, -0.2) is 0 Å².